The molecule has 2 atom stereocenters. The van der Waals surface area contributed by atoms with Crippen molar-refractivity contribution >= 4 is 29.1 Å². The largest absolute Gasteiger partial charge is 0.480 e. The van der Waals surface area contributed by atoms with Gasteiger partial charge in [-0.1, -0.05) is 90.1 Å². The quantitative estimate of drug-likeness (QED) is 0.186. The van der Waals surface area contributed by atoms with Crippen molar-refractivity contribution in [3.63, 3.8) is 0 Å². The predicted octanol–water partition coefficient (Wildman–Crippen LogP) is 5.34. The van der Waals surface area contributed by atoms with E-state index in [0.717, 1.165) is 27.1 Å². The summed E-state index contributed by atoms with van der Waals surface area (Å²) in [5, 5.41) is 14.6. The lowest BCUT2D eigenvalue weighted by Crippen LogP contribution is -2.54. The highest BCUT2D eigenvalue weighted by atomic mass is 32.1. The fourth-order valence-corrected chi connectivity index (χ4v) is 5.58. The van der Waals surface area contributed by atoms with Gasteiger partial charge in [-0.3, -0.25) is 9.59 Å². The second kappa shape index (κ2) is 13.7. The van der Waals surface area contributed by atoms with Crippen molar-refractivity contribution in [1.82, 2.24) is 20.6 Å². The molecule has 0 aliphatic carbocycles. The zero-order valence-electron chi connectivity index (χ0n) is 26.5. The molecule has 5 N–H and O–H groups in total. The summed E-state index contributed by atoms with van der Waals surface area (Å²) in [4.78, 5) is 48.5. The first kappa shape index (κ1) is 33.5. The predicted molar refractivity (Wildman–Crippen MR) is 178 cm³/mol. The van der Waals surface area contributed by atoms with Gasteiger partial charge in [0.1, 0.15) is 12.1 Å². The summed E-state index contributed by atoms with van der Waals surface area (Å²) in [6.45, 7) is 12.4. The molecule has 0 radical (unpaired) electrons. The molecule has 10 heteroatoms. The van der Waals surface area contributed by atoms with Crippen LogP contribution in [0.5, 0.6) is 0 Å². The minimum Gasteiger partial charge on any atom is -0.480 e. The van der Waals surface area contributed by atoms with Gasteiger partial charge in [0.2, 0.25) is 5.91 Å². The molecule has 0 saturated heterocycles. The lowest BCUT2D eigenvalue weighted by Gasteiger charge is -2.21. The number of hydrogen-bond donors (Lipinski definition) is 4. The van der Waals surface area contributed by atoms with E-state index < -0.39 is 29.9 Å². The summed E-state index contributed by atoms with van der Waals surface area (Å²) < 4.78 is 0. The van der Waals surface area contributed by atoms with E-state index >= 15 is 0 Å². The third-order valence-electron chi connectivity index (χ3n) is 7.43. The van der Waals surface area contributed by atoms with Gasteiger partial charge in [0.25, 0.3) is 5.91 Å². The van der Waals surface area contributed by atoms with Gasteiger partial charge in [-0.15, -0.1) is 11.3 Å². The topological polar surface area (TPSA) is 147 Å². The Labute approximate surface area is 268 Å². The van der Waals surface area contributed by atoms with E-state index in [2.05, 4.69) is 86.4 Å². The van der Waals surface area contributed by atoms with E-state index in [1.54, 1.807) is 18.5 Å². The maximum Gasteiger partial charge on any atom is 0.327 e. The number of benzene rings is 2. The molecule has 0 bridgehead atoms. The van der Waals surface area contributed by atoms with Crippen LogP contribution in [0, 0.1) is 0 Å². The molecule has 45 heavy (non-hydrogen) atoms. The fourth-order valence-electron chi connectivity index (χ4n) is 4.61. The summed E-state index contributed by atoms with van der Waals surface area (Å²) in [5.74, 6) is -1.74. The maximum absolute atomic E-state index is 13.2. The molecule has 2 aromatic carbocycles. The van der Waals surface area contributed by atoms with Crippen LogP contribution in [0.3, 0.4) is 0 Å². The van der Waals surface area contributed by atoms with Crippen molar-refractivity contribution < 1.29 is 19.5 Å². The number of carbonyl (C=O) groups is 3. The molecule has 0 aliphatic rings. The highest BCUT2D eigenvalue weighted by molar-refractivity contribution is 7.14. The minimum atomic E-state index is -1.27. The Morgan fingerprint density at radius 3 is 1.89 bits per heavy atom. The van der Waals surface area contributed by atoms with Gasteiger partial charge >= 0.3 is 5.97 Å². The highest BCUT2D eigenvalue weighted by Gasteiger charge is 2.27. The summed E-state index contributed by atoms with van der Waals surface area (Å²) in [5.41, 5.74) is 10.3. The lowest BCUT2D eigenvalue weighted by molar-refractivity contribution is -0.141. The first-order valence-corrected chi connectivity index (χ1v) is 15.6. The normalized spacial score (nSPS) is 13.1. The molecule has 9 nitrogen and oxygen atoms in total. The first-order chi connectivity index (χ1) is 21.2. The molecular weight excluding hydrogens is 586 g/mol. The molecule has 0 spiro atoms. The van der Waals surface area contributed by atoms with Crippen LogP contribution in [-0.2, 0) is 26.8 Å². The number of amides is 2. The highest BCUT2D eigenvalue weighted by Crippen LogP contribution is 2.30. The van der Waals surface area contributed by atoms with E-state index in [1.165, 1.54) is 16.9 Å². The molecule has 4 aromatic rings. The number of hydrogen-bond acceptors (Lipinski definition) is 7. The summed E-state index contributed by atoms with van der Waals surface area (Å²) >= 11 is 1.36. The standard InChI is InChI=1S/C35H41N5O4S/c1-34(2,3)25-13-11-22(12-14-25)24-19-37-30(38-20-24)23-9-7-21(8-10-23)17-26(31(41)40-27(18-36)33(43)44)39-32(42)28-15-16-29(45-28)35(4,5)6/h7-16,19-20,26-27H,17-18,36H2,1-6H3,(H,39,42)(H,40,41)(H,43,44). The lowest BCUT2D eigenvalue weighted by atomic mass is 9.86. The van der Waals surface area contributed by atoms with E-state index in [-0.39, 0.29) is 23.8 Å². The molecule has 4 rings (SSSR count). The number of nitrogens with zero attached hydrogens (tertiary/aromatic N) is 2. The molecule has 236 valence electrons. The second-order valence-electron chi connectivity index (χ2n) is 13.1. The number of carboxylic acids is 1. The van der Waals surface area contributed by atoms with E-state index in [1.807, 2.05) is 30.3 Å². The van der Waals surface area contributed by atoms with Gasteiger partial charge in [0, 0.05) is 41.4 Å². The zero-order chi connectivity index (χ0) is 32.9. The van der Waals surface area contributed by atoms with Crippen LogP contribution in [0.25, 0.3) is 22.5 Å². The van der Waals surface area contributed by atoms with Gasteiger partial charge < -0.3 is 21.5 Å². The SMILES string of the molecule is CC(C)(C)c1ccc(-c2cnc(-c3ccc(CC(NC(=O)c4ccc(C(C)(C)C)s4)C(=O)NC(CN)C(=O)O)cc3)nc2)cc1. The van der Waals surface area contributed by atoms with Crippen molar-refractivity contribution in [2.24, 2.45) is 5.73 Å². The van der Waals surface area contributed by atoms with E-state index in [0.29, 0.717) is 10.7 Å². The average Bonchev–Trinajstić information content (AvgIpc) is 3.51. The Balaban J connectivity index is 1.50. The number of aromatic nitrogens is 2. The number of thiophene rings is 1. The molecule has 2 unspecified atom stereocenters. The Kier molecular flexibility index (Phi) is 10.2. The van der Waals surface area contributed by atoms with Crippen molar-refractivity contribution in [3.8, 4) is 22.5 Å². The Morgan fingerprint density at radius 2 is 1.38 bits per heavy atom. The fraction of sp³-hybridized carbons (Fsp3) is 0.343. The Bertz CT molecular complexity index is 1630. The van der Waals surface area contributed by atoms with Crippen LogP contribution in [0.15, 0.2) is 73.1 Å². The van der Waals surface area contributed by atoms with Gasteiger partial charge in [0.15, 0.2) is 5.82 Å². The van der Waals surface area contributed by atoms with Crippen molar-refractivity contribution in [3.05, 3.63) is 93.9 Å². The Hall–Kier alpha value is -4.41. The van der Waals surface area contributed by atoms with Crippen molar-refractivity contribution in [2.45, 2.75) is 70.9 Å². The summed E-state index contributed by atoms with van der Waals surface area (Å²) in [6.07, 6.45) is 3.73. The Morgan fingerprint density at radius 1 is 0.778 bits per heavy atom. The molecule has 2 heterocycles. The molecular formula is C35H41N5O4S. The van der Waals surface area contributed by atoms with Gasteiger partial charge in [0.05, 0.1) is 4.88 Å². The minimum absolute atomic E-state index is 0.0754. The number of carbonyl (C=O) groups excluding carboxylic acids is 2. The van der Waals surface area contributed by atoms with E-state index in [4.69, 9.17) is 5.73 Å². The second-order valence-corrected chi connectivity index (χ2v) is 14.2. The number of rotatable bonds is 10. The summed E-state index contributed by atoms with van der Waals surface area (Å²) in [7, 11) is 0. The molecule has 2 amide bonds. The van der Waals surface area contributed by atoms with Gasteiger partial charge in [-0.25, -0.2) is 14.8 Å². The van der Waals surface area contributed by atoms with Crippen LogP contribution >= 0.6 is 11.3 Å². The first-order valence-electron chi connectivity index (χ1n) is 14.8. The van der Waals surface area contributed by atoms with Crippen LogP contribution < -0.4 is 16.4 Å². The van der Waals surface area contributed by atoms with Crippen LogP contribution in [0.1, 0.15) is 67.2 Å². The number of carboxylic acid groups (broad SMARTS) is 1. The summed E-state index contributed by atoms with van der Waals surface area (Å²) in [6, 6.07) is 17.1. The van der Waals surface area contributed by atoms with Crippen LogP contribution in [-0.4, -0.2) is 51.5 Å². The maximum atomic E-state index is 13.2. The third-order valence-corrected chi connectivity index (χ3v) is 8.94. The van der Waals surface area contributed by atoms with Crippen molar-refractivity contribution in [2.75, 3.05) is 6.54 Å². The van der Waals surface area contributed by atoms with Crippen LogP contribution in [0.2, 0.25) is 0 Å². The average molecular weight is 628 g/mol. The van der Waals surface area contributed by atoms with Crippen molar-refractivity contribution in [1.29, 1.82) is 0 Å². The van der Waals surface area contributed by atoms with Crippen LogP contribution in [0.4, 0.5) is 0 Å². The number of aliphatic carboxylic acids is 1. The third kappa shape index (κ3) is 8.61. The zero-order valence-corrected chi connectivity index (χ0v) is 27.4. The number of nitrogens with two attached hydrogens (primary N) is 1. The van der Waals surface area contributed by atoms with Gasteiger partial charge in [-0.05, 0) is 39.7 Å². The number of nitrogens with one attached hydrogen (secondary N) is 2. The van der Waals surface area contributed by atoms with E-state index in [9.17, 15) is 19.5 Å². The smallest absolute Gasteiger partial charge is 0.327 e. The van der Waals surface area contributed by atoms with Gasteiger partial charge in [-0.2, -0.15) is 0 Å². The molecule has 0 fully saturated rings. The molecule has 2 aromatic heterocycles. The monoisotopic (exact) mass is 627 g/mol. The molecule has 0 saturated carbocycles. The molecule has 0 aliphatic heterocycles.